The van der Waals surface area contributed by atoms with Crippen LogP contribution in [-0.4, -0.2) is 40.7 Å². The van der Waals surface area contributed by atoms with Crippen LogP contribution in [0.15, 0.2) is 24.3 Å². The van der Waals surface area contributed by atoms with E-state index in [-0.39, 0.29) is 17.7 Å². The Morgan fingerprint density at radius 2 is 2.16 bits per heavy atom. The second kappa shape index (κ2) is 6.10. The lowest BCUT2D eigenvalue weighted by Crippen LogP contribution is -2.38. The Labute approximate surface area is 116 Å². The van der Waals surface area contributed by atoms with Gasteiger partial charge in [0.1, 0.15) is 11.8 Å². The Bertz CT molecular complexity index is 489. The minimum atomic E-state index is -0.968. The van der Waals surface area contributed by atoms with Gasteiger partial charge in [-0.05, 0) is 30.2 Å². The number of likely N-dealkylation sites (N-methyl/N-ethyl adjacent to an activating group) is 1. The molecule has 0 unspecified atom stereocenters. The summed E-state index contributed by atoms with van der Waals surface area (Å²) < 4.78 is 0. The first-order valence-electron chi connectivity index (χ1n) is 6.33. The predicted molar refractivity (Wildman–Crippen MR) is 75.2 cm³/mol. The van der Waals surface area contributed by atoms with Crippen LogP contribution in [-0.2, 0) is 16.0 Å². The molecule has 0 radical (unpaired) electrons. The van der Waals surface area contributed by atoms with Gasteiger partial charge < -0.3 is 10.0 Å². The van der Waals surface area contributed by atoms with Crippen LogP contribution in [0.3, 0.4) is 0 Å². The molecule has 4 nitrogen and oxygen atoms in total. The summed E-state index contributed by atoms with van der Waals surface area (Å²) in [5.41, 5.74) is 2.23. The number of fused-ring (bicyclic) bond motifs is 1. The van der Waals surface area contributed by atoms with Crippen molar-refractivity contribution in [2.24, 2.45) is 0 Å². The number of nitrogens with zero attached hydrogens (tertiary/aromatic N) is 1. The molecule has 1 aliphatic rings. The standard InChI is InChI=1S/C14H17NO3S/c1-2-15(9-12(16)17)14(18)13-11-6-4-3-5-10(11)7-8-19-13/h3-6,13H,2,7-9H2,1H3,(H,16,17)/t13-/m0/s1. The number of hydrogen-bond acceptors (Lipinski definition) is 3. The van der Waals surface area contributed by atoms with E-state index in [0.717, 1.165) is 17.7 Å². The Balaban J connectivity index is 2.22. The van der Waals surface area contributed by atoms with Crippen LogP contribution >= 0.6 is 11.8 Å². The molecule has 1 atom stereocenters. The maximum absolute atomic E-state index is 12.5. The molecule has 1 aliphatic heterocycles. The SMILES string of the molecule is CCN(CC(=O)O)C(=O)[C@H]1SCCc2ccccc21. The number of thioether (sulfide) groups is 1. The zero-order valence-electron chi connectivity index (χ0n) is 10.8. The molecule has 0 saturated carbocycles. The van der Waals surface area contributed by atoms with E-state index in [9.17, 15) is 9.59 Å². The molecule has 102 valence electrons. The monoisotopic (exact) mass is 279 g/mol. The zero-order chi connectivity index (χ0) is 13.8. The fourth-order valence-electron chi connectivity index (χ4n) is 2.27. The molecule has 1 aromatic rings. The van der Waals surface area contributed by atoms with Gasteiger partial charge in [-0.25, -0.2) is 0 Å². The third-order valence-electron chi connectivity index (χ3n) is 3.24. The summed E-state index contributed by atoms with van der Waals surface area (Å²) in [4.78, 5) is 24.7. The smallest absolute Gasteiger partial charge is 0.323 e. The van der Waals surface area contributed by atoms with E-state index in [4.69, 9.17) is 5.11 Å². The number of hydrogen-bond donors (Lipinski definition) is 1. The lowest BCUT2D eigenvalue weighted by atomic mass is 10.0. The summed E-state index contributed by atoms with van der Waals surface area (Å²) in [5, 5.41) is 8.60. The third kappa shape index (κ3) is 3.10. The molecular formula is C14H17NO3S. The number of carboxylic acids is 1. The predicted octanol–water partition coefficient (Wildman–Crippen LogP) is 1.95. The molecule has 19 heavy (non-hydrogen) atoms. The average molecular weight is 279 g/mol. The molecular weight excluding hydrogens is 262 g/mol. The molecule has 0 fully saturated rings. The lowest BCUT2D eigenvalue weighted by molar-refractivity contribution is -0.144. The van der Waals surface area contributed by atoms with E-state index in [0.29, 0.717) is 6.54 Å². The van der Waals surface area contributed by atoms with Gasteiger partial charge in [-0.2, -0.15) is 0 Å². The highest BCUT2D eigenvalue weighted by Crippen LogP contribution is 2.37. The first-order valence-corrected chi connectivity index (χ1v) is 7.38. The molecule has 0 bridgehead atoms. The minimum Gasteiger partial charge on any atom is -0.480 e. The largest absolute Gasteiger partial charge is 0.480 e. The van der Waals surface area contributed by atoms with Crippen LogP contribution in [0.4, 0.5) is 0 Å². The summed E-state index contributed by atoms with van der Waals surface area (Å²) in [6.45, 7) is 2.00. The van der Waals surface area contributed by atoms with Gasteiger partial charge in [-0.15, -0.1) is 11.8 Å². The fraction of sp³-hybridized carbons (Fsp3) is 0.429. The Hall–Kier alpha value is -1.49. The topological polar surface area (TPSA) is 57.6 Å². The highest BCUT2D eigenvalue weighted by Gasteiger charge is 2.30. The summed E-state index contributed by atoms with van der Waals surface area (Å²) in [6.07, 6.45) is 0.968. The molecule has 1 heterocycles. The van der Waals surface area contributed by atoms with Crippen molar-refractivity contribution in [1.82, 2.24) is 4.90 Å². The maximum Gasteiger partial charge on any atom is 0.323 e. The van der Waals surface area contributed by atoms with Crippen molar-refractivity contribution in [2.75, 3.05) is 18.8 Å². The fourth-order valence-corrected chi connectivity index (χ4v) is 3.55. The first kappa shape index (κ1) is 13.9. The maximum atomic E-state index is 12.5. The van der Waals surface area contributed by atoms with E-state index in [1.807, 2.05) is 24.3 Å². The van der Waals surface area contributed by atoms with Gasteiger partial charge in [0.2, 0.25) is 5.91 Å². The molecule has 0 spiro atoms. The van der Waals surface area contributed by atoms with Gasteiger partial charge in [-0.3, -0.25) is 9.59 Å². The number of aryl methyl sites for hydroxylation is 1. The van der Waals surface area contributed by atoms with Crippen LogP contribution in [0, 0.1) is 0 Å². The van der Waals surface area contributed by atoms with Crippen molar-refractivity contribution in [3.8, 4) is 0 Å². The molecule has 1 aromatic carbocycles. The second-order valence-corrected chi connectivity index (χ2v) is 5.66. The summed E-state index contributed by atoms with van der Waals surface area (Å²) >= 11 is 1.60. The van der Waals surface area contributed by atoms with Crippen molar-refractivity contribution in [3.63, 3.8) is 0 Å². The van der Waals surface area contributed by atoms with Crippen LogP contribution in [0.25, 0.3) is 0 Å². The van der Waals surface area contributed by atoms with E-state index < -0.39 is 5.97 Å². The number of rotatable bonds is 4. The Morgan fingerprint density at radius 3 is 2.84 bits per heavy atom. The quantitative estimate of drug-likeness (QED) is 0.915. The van der Waals surface area contributed by atoms with Gasteiger partial charge in [-0.1, -0.05) is 24.3 Å². The normalized spacial score (nSPS) is 17.6. The number of carbonyl (C=O) groups excluding carboxylic acids is 1. The van der Waals surface area contributed by atoms with Crippen molar-refractivity contribution < 1.29 is 14.7 Å². The highest BCUT2D eigenvalue weighted by molar-refractivity contribution is 8.00. The van der Waals surface area contributed by atoms with E-state index >= 15 is 0 Å². The number of amides is 1. The van der Waals surface area contributed by atoms with E-state index in [2.05, 4.69) is 0 Å². The minimum absolute atomic E-state index is 0.0953. The van der Waals surface area contributed by atoms with Crippen molar-refractivity contribution in [2.45, 2.75) is 18.6 Å². The van der Waals surface area contributed by atoms with Crippen LogP contribution in [0.1, 0.15) is 23.3 Å². The number of carbonyl (C=O) groups is 2. The molecule has 1 amide bonds. The number of benzene rings is 1. The van der Waals surface area contributed by atoms with Crippen molar-refractivity contribution in [3.05, 3.63) is 35.4 Å². The van der Waals surface area contributed by atoms with E-state index in [1.165, 1.54) is 10.5 Å². The van der Waals surface area contributed by atoms with E-state index in [1.54, 1.807) is 18.7 Å². The van der Waals surface area contributed by atoms with Crippen molar-refractivity contribution in [1.29, 1.82) is 0 Å². The summed E-state index contributed by atoms with van der Waals surface area (Å²) in [6, 6.07) is 7.92. The van der Waals surface area contributed by atoms with Gasteiger partial charge in [0.15, 0.2) is 0 Å². The van der Waals surface area contributed by atoms with Crippen LogP contribution in [0.2, 0.25) is 0 Å². The summed E-state index contributed by atoms with van der Waals surface area (Å²) in [5.74, 6) is -0.163. The number of carboxylic acid groups (broad SMARTS) is 1. The molecule has 5 heteroatoms. The van der Waals surface area contributed by atoms with Gasteiger partial charge in [0.05, 0.1) is 0 Å². The molecule has 0 aliphatic carbocycles. The van der Waals surface area contributed by atoms with Crippen LogP contribution < -0.4 is 0 Å². The first-order chi connectivity index (χ1) is 9.13. The molecule has 1 N–H and O–H groups in total. The van der Waals surface area contributed by atoms with Gasteiger partial charge >= 0.3 is 5.97 Å². The van der Waals surface area contributed by atoms with Crippen LogP contribution in [0.5, 0.6) is 0 Å². The Kier molecular flexibility index (Phi) is 4.47. The second-order valence-electron chi connectivity index (χ2n) is 4.45. The van der Waals surface area contributed by atoms with Crippen molar-refractivity contribution >= 4 is 23.6 Å². The molecule has 0 saturated heterocycles. The average Bonchev–Trinajstić information content (AvgIpc) is 2.43. The zero-order valence-corrected chi connectivity index (χ0v) is 11.7. The van der Waals surface area contributed by atoms with Gasteiger partial charge in [0.25, 0.3) is 0 Å². The summed E-state index contributed by atoms with van der Waals surface area (Å²) in [7, 11) is 0. The molecule has 0 aromatic heterocycles. The highest BCUT2D eigenvalue weighted by atomic mass is 32.2. The third-order valence-corrected chi connectivity index (χ3v) is 4.47. The molecule has 2 rings (SSSR count). The number of aliphatic carboxylic acids is 1. The Morgan fingerprint density at radius 1 is 1.42 bits per heavy atom. The lowest BCUT2D eigenvalue weighted by Gasteiger charge is -2.29. The van der Waals surface area contributed by atoms with Gasteiger partial charge in [0, 0.05) is 6.54 Å².